The number of aryl methyl sites for hydroxylation is 1. The third-order valence-corrected chi connectivity index (χ3v) is 3.29. The van der Waals surface area contributed by atoms with Gasteiger partial charge in [0.1, 0.15) is 17.5 Å². The lowest BCUT2D eigenvalue weighted by Crippen LogP contribution is -2.13. The second-order valence-corrected chi connectivity index (χ2v) is 4.27. The third kappa shape index (κ3) is 2.19. The number of amides is 1. The number of nitrogens with one attached hydrogen (secondary N) is 2. The molecule has 2 aromatic rings. The number of carbonyl (C=O) groups excluding carboxylic acids is 1. The van der Waals surface area contributed by atoms with Gasteiger partial charge in [-0.2, -0.15) is 10.4 Å². The largest absolute Gasteiger partial charge is 0.305 e. The lowest BCUT2D eigenvalue weighted by atomic mass is 10.2. The van der Waals surface area contributed by atoms with Gasteiger partial charge in [0.25, 0.3) is 5.91 Å². The van der Waals surface area contributed by atoms with Crippen LogP contribution in [0.4, 0.5) is 5.82 Å². The highest BCUT2D eigenvalue weighted by Crippen LogP contribution is 2.19. The molecule has 1 amide bonds. The summed E-state index contributed by atoms with van der Waals surface area (Å²) in [4.78, 5) is 12.6. The number of anilines is 1. The van der Waals surface area contributed by atoms with Crippen LogP contribution >= 0.6 is 11.3 Å². The lowest BCUT2D eigenvalue weighted by Gasteiger charge is -2.02. The summed E-state index contributed by atoms with van der Waals surface area (Å²) in [5, 5.41) is 19.6. The molecule has 2 N–H and O–H groups in total. The van der Waals surface area contributed by atoms with Crippen LogP contribution in [0.25, 0.3) is 0 Å². The highest BCUT2D eigenvalue weighted by atomic mass is 32.1. The Morgan fingerprint density at radius 3 is 3.24 bits per heavy atom. The zero-order chi connectivity index (χ0) is 12.3. The van der Waals surface area contributed by atoms with E-state index >= 15 is 0 Å². The van der Waals surface area contributed by atoms with Crippen molar-refractivity contribution in [2.75, 3.05) is 5.32 Å². The fourth-order valence-electron chi connectivity index (χ4n) is 1.45. The minimum atomic E-state index is -0.211. The molecule has 0 unspecified atom stereocenters. The van der Waals surface area contributed by atoms with Crippen molar-refractivity contribution in [2.45, 2.75) is 13.3 Å². The molecule has 86 valence electrons. The molecule has 0 fully saturated rings. The van der Waals surface area contributed by atoms with Gasteiger partial charge >= 0.3 is 0 Å². The van der Waals surface area contributed by atoms with E-state index in [1.54, 1.807) is 0 Å². The summed E-state index contributed by atoms with van der Waals surface area (Å²) < 4.78 is 0. The Balaban J connectivity index is 2.21. The first kappa shape index (κ1) is 11.4. The van der Waals surface area contributed by atoms with Gasteiger partial charge < -0.3 is 5.32 Å². The van der Waals surface area contributed by atoms with Crippen LogP contribution in [0.15, 0.2) is 17.6 Å². The molecule has 0 aliphatic rings. The molecule has 2 heterocycles. The molecule has 0 radical (unpaired) electrons. The summed E-state index contributed by atoms with van der Waals surface area (Å²) >= 11 is 1.39. The van der Waals surface area contributed by atoms with Gasteiger partial charge in [-0.1, -0.05) is 6.92 Å². The quantitative estimate of drug-likeness (QED) is 0.870. The van der Waals surface area contributed by atoms with Gasteiger partial charge in [-0.15, -0.1) is 11.3 Å². The summed E-state index contributed by atoms with van der Waals surface area (Å²) in [5.74, 6) is 0.130. The summed E-state index contributed by atoms with van der Waals surface area (Å²) in [5.41, 5.74) is 1.33. The molecule has 0 aliphatic carbocycles. The first-order valence-corrected chi connectivity index (χ1v) is 5.95. The van der Waals surface area contributed by atoms with E-state index in [0.717, 1.165) is 12.0 Å². The van der Waals surface area contributed by atoms with Gasteiger partial charge in [0.2, 0.25) is 0 Å². The van der Waals surface area contributed by atoms with Crippen LogP contribution in [0.2, 0.25) is 0 Å². The molecule has 6 heteroatoms. The first-order chi connectivity index (χ1) is 8.26. The molecule has 0 bridgehead atoms. The van der Waals surface area contributed by atoms with Crippen LogP contribution in [0.3, 0.4) is 0 Å². The van der Waals surface area contributed by atoms with Gasteiger partial charge in [-0.3, -0.25) is 9.89 Å². The Labute approximate surface area is 102 Å². The minimum absolute atomic E-state index is 0.211. The van der Waals surface area contributed by atoms with Crippen molar-refractivity contribution < 1.29 is 4.79 Å². The van der Waals surface area contributed by atoms with Crippen LogP contribution in [-0.2, 0) is 6.42 Å². The van der Waals surface area contributed by atoms with Gasteiger partial charge in [0.05, 0.1) is 11.1 Å². The number of aromatic amines is 1. The number of carbonyl (C=O) groups is 1. The molecule has 0 atom stereocenters. The van der Waals surface area contributed by atoms with E-state index in [9.17, 15) is 4.79 Å². The van der Waals surface area contributed by atoms with Crippen molar-refractivity contribution in [3.8, 4) is 6.07 Å². The van der Waals surface area contributed by atoms with Crippen LogP contribution < -0.4 is 5.32 Å². The van der Waals surface area contributed by atoms with E-state index < -0.39 is 0 Å². The summed E-state index contributed by atoms with van der Waals surface area (Å²) in [7, 11) is 0. The standard InChI is InChI=1S/C11H10N4OS/c1-2-7-3-4-17-9(7)11(16)14-10-8(5-12)6-13-15-10/h3-4,6H,2H2,1H3,(H2,13,14,15,16). The normalized spacial score (nSPS) is 9.88. The fourth-order valence-corrected chi connectivity index (χ4v) is 2.34. The van der Waals surface area contributed by atoms with E-state index in [4.69, 9.17) is 5.26 Å². The Kier molecular flexibility index (Phi) is 3.21. The van der Waals surface area contributed by atoms with E-state index in [2.05, 4.69) is 15.5 Å². The number of hydrogen-bond donors (Lipinski definition) is 2. The van der Waals surface area contributed by atoms with Crippen LogP contribution in [-0.4, -0.2) is 16.1 Å². The Morgan fingerprint density at radius 2 is 2.53 bits per heavy atom. The van der Waals surface area contributed by atoms with Crippen molar-refractivity contribution in [1.29, 1.82) is 5.26 Å². The molecule has 0 aromatic carbocycles. The Bertz CT molecular complexity index is 578. The average Bonchev–Trinajstić information content (AvgIpc) is 2.96. The second kappa shape index (κ2) is 4.80. The maximum atomic E-state index is 12.0. The zero-order valence-electron chi connectivity index (χ0n) is 9.15. The number of nitrogens with zero attached hydrogens (tertiary/aromatic N) is 2. The average molecular weight is 246 g/mol. The van der Waals surface area contributed by atoms with Crippen molar-refractivity contribution in [3.05, 3.63) is 33.6 Å². The predicted octanol–water partition coefficient (Wildman–Crippen LogP) is 2.16. The maximum absolute atomic E-state index is 12.0. The summed E-state index contributed by atoms with van der Waals surface area (Å²) in [6, 6.07) is 3.88. The molecule has 2 aromatic heterocycles. The SMILES string of the molecule is CCc1ccsc1C(=O)Nc1[nH]ncc1C#N. The summed E-state index contributed by atoms with van der Waals surface area (Å²) in [6.07, 6.45) is 2.19. The lowest BCUT2D eigenvalue weighted by molar-refractivity contribution is 0.102. The van der Waals surface area contributed by atoms with Crippen molar-refractivity contribution in [1.82, 2.24) is 10.2 Å². The van der Waals surface area contributed by atoms with Crippen molar-refractivity contribution in [2.24, 2.45) is 0 Å². The molecule has 5 nitrogen and oxygen atoms in total. The molecular weight excluding hydrogens is 236 g/mol. The number of thiophene rings is 1. The number of rotatable bonds is 3. The highest BCUT2D eigenvalue weighted by Gasteiger charge is 2.14. The molecule has 17 heavy (non-hydrogen) atoms. The predicted molar refractivity (Wildman–Crippen MR) is 65.0 cm³/mol. The molecule has 0 saturated heterocycles. The minimum Gasteiger partial charge on any atom is -0.305 e. The third-order valence-electron chi connectivity index (χ3n) is 2.33. The van der Waals surface area contributed by atoms with E-state index in [0.29, 0.717) is 16.3 Å². The monoisotopic (exact) mass is 246 g/mol. The Hall–Kier alpha value is -2.13. The smallest absolute Gasteiger partial charge is 0.267 e. The van der Waals surface area contributed by atoms with Gasteiger partial charge in [-0.25, -0.2) is 0 Å². The fraction of sp³-hybridized carbons (Fsp3) is 0.182. The number of aromatic nitrogens is 2. The van der Waals surface area contributed by atoms with E-state index in [-0.39, 0.29) is 5.91 Å². The Morgan fingerprint density at radius 1 is 1.71 bits per heavy atom. The second-order valence-electron chi connectivity index (χ2n) is 3.35. The number of nitriles is 1. The molecule has 0 spiro atoms. The molecule has 0 saturated carbocycles. The van der Waals surface area contributed by atoms with Crippen LogP contribution in [0.5, 0.6) is 0 Å². The van der Waals surface area contributed by atoms with E-state index in [1.807, 2.05) is 24.4 Å². The highest BCUT2D eigenvalue weighted by molar-refractivity contribution is 7.12. The zero-order valence-corrected chi connectivity index (χ0v) is 9.97. The molecule has 0 aliphatic heterocycles. The number of hydrogen-bond acceptors (Lipinski definition) is 4. The van der Waals surface area contributed by atoms with Crippen LogP contribution in [0, 0.1) is 11.3 Å². The number of H-pyrrole nitrogens is 1. The van der Waals surface area contributed by atoms with E-state index in [1.165, 1.54) is 17.5 Å². The van der Waals surface area contributed by atoms with Gasteiger partial charge in [-0.05, 0) is 23.4 Å². The molecule has 2 rings (SSSR count). The van der Waals surface area contributed by atoms with Crippen LogP contribution in [0.1, 0.15) is 27.7 Å². The first-order valence-electron chi connectivity index (χ1n) is 5.07. The van der Waals surface area contributed by atoms with Gasteiger partial charge in [0, 0.05) is 0 Å². The van der Waals surface area contributed by atoms with Crippen molar-refractivity contribution >= 4 is 23.1 Å². The van der Waals surface area contributed by atoms with Crippen molar-refractivity contribution in [3.63, 3.8) is 0 Å². The molecular formula is C11H10N4OS. The summed E-state index contributed by atoms with van der Waals surface area (Å²) in [6.45, 7) is 2.00. The topological polar surface area (TPSA) is 81.6 Å². The maximum Gasteiger partial charge on any atom is 0.267 e. The van der Waals surface area contributed by atoms with Gasteiger partial charge in [0.15, 0.2) is 0 Å².